The minimum atomic E-state index is -1.43. The first kappa shape index (κ1) is 19.8. The lowest BCUT2D eigenvalue weighted by molar-refractivity contribution is -0.189. The largest absolute Gasteiger partial charge is 0.468 e. The van der Waals surface area contributed by atoms with E-state index in [1.54, 1.807) is 0 Å². The van der Waals surface area contributed by atoms with Crippen LogP contribution < -0.4 is 0 Å². The van der Waals surface area contributed by atoms with Crippen LogP contribution in [0.25, 0.3) is 0 Å². The lowest BCUT2D eigenvalue weighted by atomic mass is 9.50. The number of methoxy groups -OCH3 is 2. The Bertz CT molecular complexity index is 830. The van der Waals surface area contributed by atoms with Crippen molar-refractivity contribution in [1.82, 2.24) is 0 Å². The zero-order valence-corrected chi connectivity index (χ0v) is 16.6. The van der Waals surface area contributed by atoms with E-state index < -0.39 is 23.4 Å². The quantitative estimate of drug-likeness (QED) is 0.452. The van der Waals surface area contributed by atoms with Crippen molar-refractivity contribution in [2.45, 2.75) is 26.3 Å². The summed E-state index contributed by atoms with van der Waals surface area (Å²) < 4.78 is 9.98. The van der Waals surface area contributed by atoms with Gasteiger partial charge in [-0.15, -0.1) is 0 Å². The van der Waals surface area contributed by atoms with Crippen LogP contribution in [0.15, 0.2) is 65.7 Å². The van der Waals surface area contributed by atoms with Gasteiger partial charge in [-0.3, -0.25) is 14.6 Å². The zero-order valence-electron chi connectivity index (χ0n) is 16.6. The molecule has 28 heavy (non-hydrogen) atoms. The molecule has 0 saturated heterocycles. The van der Waals surface area contributed by atoms with E-state index in [0.29, 0.717) is 6.42 Å². The fourth-order valence-corrected chi connectivity index (χ4v) is 4.18. The van der Waals surface area contributed by atoms with E-state index in [0.717, 1.165) is 16.8 Å². The summed E-state index contributed by atoms with van der Waals surface area (Å²) in [6, 6.07) is 18.9. The number of esters is 2. The molecule has 1 unspecified atom stereocenters. The van der Waals surface area contributed by atoms with Gasteiger partial charge in [0.25, 0.3) is 0 Å². The summed E-state index contributed by atoms with van der Waals surface area (Å²) in [6.07, 6.45) is 0.324. The highest BCUT2D eigenvalue weighted by atomic mass is 16.5. The Balaban J connectivity index is 2.19. The third kappa shape index (κ3) is 3.21. The molecule has 0 amide bonds. The Morgan fingerprint density at radius 2 is 1.29 bits per heavy atom. The highest BCUT2D eigenvalue weighted by Gasteiger charge is 2.69. The molecule has 0 N–H and O–H groups in total. The fourth-order valence-electron chi connectivity index (χ4n) is 4.18. The molecule has 2 aromatic carbocycles. The first-order chi connectivity index (χ1) is 13.4. The van der Waals surface area contributed by atoms with Crippen LogP contribution in [0.5, 0.6) is 0 Å². The van der Waals surface area contributed by atoms with Gasteiger partial charge in [-0.1, -0.05) is 74.5 Å². The molecule has 1 fully saturated rings. The fraction of sp³-hybridized carbons (Fsp3) is 0.348. The summed E-state index contributed by atoms with van der Waals surface area (Å²) in [5, 5.41) is 0. The van der Waals surface area contributed by atoms with Gasteiger partial charge in [0.2, 0.25) is 0 Å². The molecule has 5 heteroatoms. The number of carbonyl (C=O) groups is 2. The van der Waals surface area contributed by atoms with Crippen molar-refractivity contribution in [2.75, 3.05) is 14.2 Å². The molecular formula is C23H25NO4. The standard InChI is InChI=1S/C23H25NO4/c1-22(2)15-23(20(25)27-3,21(26)28-4)19(22)24-18(16-11-7-5-8-12-16)17-13-9-6-10-14-17/h5-14,19H,15H2,1-4H3. The summed E-state index contributed by atoms with van der Waals surface area (Å²) in [7, 11) is 2.57. The molecule has 3 rings (SSSR count). The number of carbonyl (C=O) groups excluding carboxylic acids is 2. The van der Waals surface area contributed by atoms with E-state index in [1.807, 2.05) is 74.5 Å². The van der Waals surface area contributed by atoms with Crippen molar-refractivity contribution in [1.29, 1.82) is 0 Å². The van der Waals surface area contributed by atoms with Crippen molar-refractivity contribution < 1.29 is 19.1 Å². The second-order valence-electron chi connectivity index (χ2n) is 7.73. The van der Waals surface area contributed by atoms with Gasteiger partial charge in [-0.25, -0.2) is 0 Å². The third-order valence-corrected chi connectivity index (χ3v) is 5.39. The van der Waals surface area contributed by atoms with Gasteiger partial charge < -0.3 is 9.47 Å². The highest BCUT2D eigenvalue weighted by Crippen LogP contribution is 2.57. The maximum absolute atomic E-state index is 12.7. The number of hydrogen-bond acceptors (Lipinski definition) is 5. The smallest absolute Gasteiger partial charge is 0.325 e. The molecule has 2 aromatic rings. The van der Waals surface area contributed by atoms with Crippen molar-refractivity contribution in [3.63, 3.8) is 0 Å². The Morgan fingerprint density at radius 1 is 0.857 bits per heavy atom. The van der Waals surface area contributed by atoms with Crippen molar-refractivity contribution >= 4 is 17.7 Å². The predicted octanol–water partition coefficient (Wildman–Crippen LogP) is 3.65. The topological polar surface area (TPSA) is 65.0 Å². The van der Waals surface area contributed by atoms with Crippen LogP contribution in [0.1, 0.15) is 31.4 Å². The molecule has 1 aliphatic rings. The zero-order chi connectivity index (χ0) is 20.4. The van der Waals surface area contributed by atoms with Crippen LogP contribution in [0.3, 0.4) is 0 Å². The first-order valence-corrected chi connectivity index (χ1v) is 9.22. The molecule has 0 aromatic heterocycles. The second kappa shape index (κ2) is 7.58. The highest BCUT2D eigenvalue weighted by molar-refractivity contribution is 6.13. The van der Waals surface area contributed by atoms with E-state index >= 15 is 0 Å². The average Bonchev–Trinajstić information content (AvgIpc) is 2.72. The number of rotatable bonds is 5. The number of benzene rings is 2. The van der Waals surface area contributed by atoms with E-state index in [-0.39, 0.29) is 5.41 Å². The van der Waals surface area contributed by atoms with Crippen molar-refractivity contribution in [3.05, 3.63) is 71.8 Å². The maximum Gasteiger partial charge on any atom is 0.325 e. The summed E-state index contributed by atoms with van der Waals surface area (Å²) in [5.41, 5.74) is 0.773. The maximum atomic E-state index is 12.7. The van der Waals surface area contributed by atoms with Gasteiger partial charge in [-0.05, 0) is 11.8 Å². The van der Waals surface area contributed by atoms with Gasteiger partial charge in [0.1, 0.15) is 0 Å². The monoisotopic (exact) mass is 379 g/mol. The molecule has 1 atom stereocenters. The minimum Gasteiger partial charge on any atom is -0.468 e. The molecule has 0 aliphatic heterocycles. The third-order valence-electron chi connectivity index (χ3n) is 5.39. The van der Waals surface area contributed by atoms with E-state index in [1.165, 1.54) is 14.2 Å². The van der Waals surface area contributed by atoms with Gasteiger partial charge >= 0.3 is 11.9 Å². The Labute approximate surface area is 165 Å². The summed E-state index contributed by atoms with van der Waals surface area (Å²) in [4.78, 5) is 30.3. The van der Waals surface area contributed by atoms with Gasteiger partial charge in [0.05, 0.1) is 26.0 Å². The lowest BCUT2D eigenvalue weighted by Crippen LogP contribution is -2.65. The molecule has 146 valence electrons. The Kier molecular flexibility index (Phi) is 5.36. The van der Waals surface area contributed by atoms with E-state index in [4.69, 9.17) is 14.5 Å². The number of hydrogen-bond donors (Lipinski definition) is 0. The first-order valence-electron chi connectivity index (χ1n) is 9.22. The number of aliphatic imine (C=N–C) groups is 1. The Hall–Kier alpha value is -2.95. The van der Waals surface area contributed by atoms with E-state index in [2.05, 4.69) is 0 Å². The van der Waals surface area contributed by atoms with Gasteiger partial charge in [0, 0.05) is 11.1 Å². The van der Waals surface area contributed by atoms with Crippen molar-refractivity contribution in [2.24, 2.45) is 15.8 Å². The van der Waals surface area contributed by atoms with Crippen LogP contribution in [-0.4, -0.2) is 37.9 Å². The van der Waals surface area contributed by atoms with Crippen LogP contribution in [-0.2, 0) is 19.1 Å². The average molecular weight is 379 g/mol. The van der Waals surface area contributed by atoms with Crippen LogP contribution in [0, 0.1) is 10.8 Å². The number of ether oxygens (including phenoxy) is 2. The lowest BCUT2D eigenvalue weighted by Gasteiger charge is -2.54. The molecule has 5 nitrogen and oxygen atoms in total. The second-order valence-corrected chi connectivity index (χ2v) is 7.73. The predicted molar refractivity (Wildman–Crippen MR) is 107 cm³/mol. The van der Waals surface area contributed by atoms with Crippen LogP contribution in [0.4, 0.5) is 0 Å². The summed E-state index contributed by atoms with van der Waals surface area (Å²) >= 11 is 0. The van der Waals surface area contributed by atoms with Gasteiger partial charge in [0.15, 0.2) is 5.41 Å². The summed E-state index contributed by atoms with van der Waals surface area (Å²) in [5.74, 6) is -1.21. The molecule has 0 heterocycles. The summed E-state index contributed by atoms with van der Waals surface area (Å²) in [6.45, 7) is 4.00. The molecular weight excluding hydrogens is 354 g/mol. The Morgan fingerprint density at radius 3 is 1.64 bits per heavy atom. The van der Waals surface area contributed by atoms with Crippen LogP contribution >= 0.6 is 0 Å². The molecule has 0 bridgehead atoms. The SMILES string of the molecule is COC(=O)C1(C(=O)OC)CC(C)(C)C1N=C(c1ccccc1)c1ccccc1. The normalized spacial score (nSPS) is 19.1. The molecule has 1 saturated carbocycles. The molecule has 0 spiro atoms. The minimum absolute atomic E-state index is 0.324. The van der Waals surface area contributed by atoms with Gasteiger partial charge in [-0.2, -0.15) is 0 Å². The molecule has 0 radical (unpaired) electrons. The van der Waals surface area contributed by atoms with Crippen molar-refractivity contribution in [3.8, 4) is 0 Å². The number of nitrogens with zero attached hydrogens (tertiary/aromatic N) is 1. The van der Waals surface area contributed by atoms with E-state index in [9.17, 15) is 9.59 Å². The van der Waals surface area contributed by atoms with Crippen LogP contribution in [0.2, 0.25) is 0 Å². The molecule has 1 aliphatic carbocycles.